The fourth-order valence-electron chi connectivity index (χ4n) is 2.70. The van der Waals surface area contributed by atoms with Gasteiger partial charge in [-0.25, -0.2) is 0 Å². The molecule has 0 amide bonds. The van der Waals surface area contributed by atoms with Crippen LogP contribution in [0.15, 0.2) is 63.0 Å². The molecule has 0 aliphatic rings. The van der Waals surface area contributed by atoms with Crippen molar-refractivity contribution in [3.05, 3.63) is 96.6 Å². The van der Waals surface area contributed by atoms with E-state index < -0.39 is 0 Å². The molecule has 0 saturated heterocycles. The van der Waals surface area contributed by atoms with Gasteiger partial charge in [0.2, 0.25) is 0 Å². The standard InChI is InChI=1S/C23H25N3O2S/c1-16-4-6-17(7-5-16)14-20-22(27)25-21(23(28)24-20)15-18-8-10-19(11-9-18)29-13-12-26(2)3/h4-11,14-15H,12-13H2,1-3H3,(H,24,28)(H,25,27)/b20-14-,21-15-. The van der Waals surface area contributed by atoms with Gasteiger partial charge in [0.15, 0.2) is 0 Å². The molecule has 1 heterocycles. The van der Waals surface area contributed by atoms with Crippen LogP contribution in [0.5, 0.6) is 0 Å². The molecule has 0 unspecified atom stereocenters. The van der Waals surface area contributed by atoms with E-state index in [-0.39, 0.29) is 21.8 Å². The summed E-state index contributed by atoms with van der Waals surface area (Å²) < 4.78 is 0. The Bertz CT molecular complexity index is 1190. The molecule has 5 nitrogen and oxygen atoms in total. The number of aromatic amines is 2. The highest BCUT2D eigenvalue weighted by Crippen LogP contribution is 2.18. The predicted molar refractivity (Wildman–Crippen MR) is 121 cm³/mol. The summed E-state index contributed by atoms with van der Waals surface area (Å²) in [4.78, 5) is 33.5. The van der Waals surface area contributed by atoms with Gasteiger partial charge in [0.25, 0.3) is 11.1 Å². The summed E-state index contributed by atoms with van der Waals surface area (Å²) in [7, 11) is 4.11. The fourth-order valence-corrected chi connectivity index (χ4v) is 3.72. The van der Waals surface area contributed by atoms with Crippen LogP contribution in [0.4, 0.5) is 0 Å². The molecule has 0 spiro atoms. The Morgan fingerprint density at radius 1 is 0.828 bits per heavy atom. The second kappa shape index (κ2) is 9.58. The number of thioether (sulfide) groups is 1. The van der Waals surface area contributed by atoms with Crippen molar-refractivity contribution < 1.29 is 0 Å². The van der Waals surface area contributed by atoms with Crippen molar-refractivity contribution in [3.8, 4) is 0 Å². The fraction of sp³-hybridized carbons (Fsp3) is 0.217. The largest absolute Gasteiger partial charge is 0.316 e. The number of hydrogen-bond donors (Lipinski definition) is 2. The zero-order valence-corrected chi connectivity index (χ0v) is 17.7. The van der Waals surface area contributed by atoms with Gasteiger partial charge in [0, 0.05) is 17.2 Å². The van der Waals surface area contributed by atoms with Gasteiger partial charge in [0.1, 0.15) is 10.7 Å². The monoisotopic (exact) mass is 407 g/mol. The summed E-state index contributed by atoms with van der Waals surface area (Å²) in [5, 5.41) is 0.479. The van der Waals surface area contributed by atoms with Crippen molar-refractivity contribution in [2.75, 3.05) is 26.4 Å². The lowest BCUT2D eigenvalue weighted by Crippen LogP contribution is -2.46. The highest BCUT2D eigenvalue weighted by molar-refractivity contribution is 7.99. The summed E-state index contributed by atoms with van der Waals surface area (Å²) in [6.07, 6.45) is 3.35. The van der Waals surface area contributed by atoms with Crippen LogP contribution >= 0.6 is 11.8 Å². The Balaban J connectivity index is 1.85. The SMILES string of the molecule is Cc1ccc(/C=c2\[nH]c(=O)/c(=C/c3ccc(SCCN(C)C)cc3)[nH]c2=O)cc1. The van der Waals surface area contributed by atoms with E-state index in [1.165, 1.54) is 4.90 Å². The summed E-state index contributed by atoms with van der Waals surface area (Å²) in [6.45, 7) is 3.01. The van der Waals surface area contributed by atoms with Crippen molar-refractivity contribution in [1.29, 1.82) is 0 Å². The zero-order chi connectivity index (χ0) is 20.8. The van der Waals surface area contributed by atoms with E-state index in [4.69, 9.17) is 0 Å². The van der Waals surface area contributed by atoms with Gasteiger partial charge >= 0.3 is 0 Å². The van der Waals surface area contributed by atoms with Crippen LogP contribution in [0.3, 0.4) is 0 Å². The molecule has 2 N–H and O–H groups in total. The minimum atomic E-state index is -0.327. The first-order valence-electron chi connectivity index (χ1n) is 9.41. The van der Waals surface area contributed by atoms with Gasteiger partial charge in [-0.1, -0.05) is 42.0 Å². The number of nitrogens with one attached hydrogen (secondary N) is 2. The maximum atomic E-state index is 12.4. The summed E-state index contributed by atoms with van der Waals surface area (Å²) in [5.41, 5.74) is 2.20. The average Bonchev–Trinajstić information content (AvgIpc) is 2.68. The third-order valence-electron chi connectivity index (χ3n) is 4.37. The van der Waals surface area contributed by atoms with Gasteiger partial charge in [-0.2, -0.15) is 0 Å². The molecule has 0 aliphatic carbocycles. The van der Waals surface area contributed by atoms with Crippen molar-refractivity contribution in [1.82, 2.24) is 14.9 Å². The lowest BCUT2D eigenvalue weighted by Gasteiger charge is -2.08. The van der Waals surface area contributed by atoms with Crippen LogP contribution < -0.4 is 21.8 Å². The van der Waals surface area contributed by atoms with E-state index in [9.17, 15) is 9.59 Å². The zero-order valence-electron chi connectivity index (χ0n) is 16.9. The molecule has 3 aromatic rings. The van der Waals surface area contributed by atoms with Crippen LogP contribution in [-0.2, 0) is 0 Å². The van der Waals surface area contributed by atoms with E-state index in [1.54, 1.807) is 23.9 Å². The Kier molecular flexibility index (Phi) is 6.90. The number of aromatic nitrogens is 2. The molecule has 0 fully saturated rings. The molecule has 2 aromatic carbocycles. The topological polar surface area (TPSA) is 69.0 Å². The molecule has 29 heavy (non-hydrogen) atoms. The van der Waals surface area contributed by atoms with E-state index in [2.05, 4.69) is 29.0 Å². The Labute approximate surface area is 173 Å². The molecule has 0 bridgehead atoms. The molecular weight excluding hydrogens is 382 g/mol. The third-order valence-corrected chi connectivity index (χ3v) is 5.36. The normalized spacial score (nSPS) is 12.7. The second-order valence-corrected chi connectivity index (χ2v) is 8.32. The first-order chi connectivity index (χ1) is 13.9. The van der Waals surface area contributed by atoms with E-state index >= 15 is 0 Å². The quantitative estimate of drug-likeness (QED) is 0.610. The Hall–Kier alpha value is -2.83. The first kappa shape index (κ1) is 20.9. The van der Waals surface area contributed by atoms with Gasteiger partial charge < -0.3 is 14.9 Å². The summed E-state index contributed by atoms with van der Waals surface area (Å²) >= 11 is 1.79. The van der Waals surface area contributed by atoms with Gasteiger partial charge in [-0.3, -0.25) is 9.59 Å². The van der Waals surface area contributed by atoms with Crippen molar-refractivity contribution in [2.45, 2.75) is 11.8 Å². The van der Waals surface area contributed by atoms with Gasteiger partial charge in [-0.15, -0.1) is 11.8 Å². The number of nitrogens with zero attached hydrogens (tertiary/aromatic N) is 1. The van der Waals surface area contributed by atoms with Gasteiger partial charge in [-0.05, 0) is 56.4 Å². The molecule has 0 radical (unpaired) electrons. The summed E-state index contributed by atoms with van der Waals surface area (Å²) in [5.74, 6) is 1.02. The van der Waals surface area contributed by atoms with Crippen molar-refractivity contribution in [2.24, 2.45) is 0 Å². The molecule has 6 heteroatoms. The lowest BCUT2D eigenvalue weighted by molar-refractivity contribution is 0.437. The van der Waals surface area contributed by atoms with Crippen LogP contribution in [0, 0.1) is 6.92 Å². The van der Waals surface area contributed by atoms with Crippen LogP contribution in [-0.4, -0.2) is 41.3 Å². The van der Waals surface area contributed by atoms with Crippen LogP contribution in [0.1, 0.15) is 16.7 Å². The molecule has 1 aromatic heterocycles. The molecule has 0 aliphatic heterocycles. The second-order valence-electron chi connectivity index (χ2n) is 7.16. The van der Waals surface area contributed by atoms with Crippen LogP contribution in [0.2, 0.25) is 0 Å². The molecule has 150 valence electrons. The van der Waals surface area contributed by atoms with Crippen LogP contribution in [0.25, 0.3) is 12.2 Å². The predicted octanol–water partition coefficient (Wildman–Crippen LogP) is 1.68. The minimum absolute atomic E-state index is 0.239. The average molecular weight is 408 g/mol. The van der Waals surface area contributed by atoms with E-state index in [1.807, 2.05) is 55.5 Å². The molecular formula is C23H25N3O2S. The highest BCUT2D eigenvalue weighted by Gasteiger charge is 1.99. The maximum absolute atomic E-state index is 12.4. The van der Waals surface area contributed by atoms with Gasteiger partial charge in [0.05, 0.1) is 0 Å². The maximum Gasteiger partial charge on any atom is 0.272 e. The molecule has 0 atom stereocenters. The number of benzene rings is 2. The Morgan fingerprint density at radius 2 is 1.31 bits per heavy atom. The highest BCUT2D eigenvalue weighted by atomic mass is 32.2. The number of rotatable bonds is 6. The van der Waals surface area contributed by atoms with Crippen molar-refractivity contribution >= 4 is 23.9 Å². The minimum Gasteiger partial charge on any atom is -0.316 e. The molecule has 3 rings (SSSR count). The number of aryl methyl sites for hydroxylation is 1. The smallest absolute Gasteiger partial charge is 0.272 e. The lowest BCUT2D eigenvalue weighted by atomic mass is 10.1. The van der Waals surface area contributed by atoms with E-state index in [0.29, 0.717) is 0 Å². The summed E-state index contributed by atoms with van der Waals surface area (Å²) in [6, 6.07) is 15.7. The van der Waals surface area contributed by atoms with E-state index in [0.717, 1.165) is 29.0 Å². The molecule has 0 saturated carbocycles. The first-order valence-corrected chi connectivity index (χ1v) is 10.4. The number of hydrogen-bond acceptors (Lipinski definition) is 4. The number of H-pyrrole nitrogens is 2. The third kappa shape index (κ3) is 6.07. The Morgan fingerprint density at radius 3 is 1.79 bits per heavy atom. The van der Waals surface area contributed by atoms with Crippen molar-refractivity contribution in [3.63, 3.8) is 0 Å².